The molecule has 0 atom stereocenters. The second kappa shape index (κ2) is 4.98. The van der Waals surface area contributed by atoms with Gasteiger partial charge in [-0.25, -0.2) is 0 Å². The number of hydrogen-bond donors (Lipinski definition) is 2. The lowest BCUT2D eigenvalue weighted by molar-refractivity contribution is 1.12. The first kappa shape index (κ1) is 11.0. The third kappa shape index (κ3) is 3.01. The summed E-state index contributed by atoms with van der Waals surface area (Å²) in [7, 11) is 1.75. The molecule has 2 N–H and O–H groups in total. The largest absolute Gasteiger partial charge is 0.366 e. The highest BCUT2D eigenvalue weighted by Gasteiger charge is 1.99. The van der Waals surface area contributed by atoms with Gasteiger partial charge in [0.05, 0.1) is 0 Å². The van der Waals surface area contributed by atoms with Gasteiger partial charge in [0, 0.05) is 17.8 Å². The molecular weight excluding hydrogens is 216 g/mol. The zero-order chi connectivity index (χ0) is 10.6. The summed E-state index contributed by atoms with van der Waals surface area (Å²) in [5.41, 5.74) is 1.72. The van der Waals surface area contributed by atoms with Crippen molar-refractivity contribution in [1.82, 2.24) is 10.6 Å². The van der Waals surface area contributed by atoms with Gasteiger partial charge in [-0.2, -0.15) is 0 Å². The van der Waals surface area contributed by atoms with E-state index in [4.69, 9.17) is 23.8 Å². The minimum atomic E-state index is 0.546. The summed E-state index contributed by atoms with van der Waals surface area (Å²) in [6.07, 6.45) is 0. The van der Waals surface area contributed by atoms with Gasteiger partial charge in [0.1, 0.15) is 0 Å². The average molecular weight is 227 g/mol. The molecule has 0 aliphatic heterocycles. The van der Waals surface area contributed by atoms with Crippen LogP contribution in [-0.2, 0) is 0 Å². The number of hydrogen-bond acceptors (Lipinski definition) is 1. The molecule has 4 heteroatoms. The summed E-state index contributed by atoms with van der Waals surface area (Å²) in [4.78, 5) is 0. The van der Waals surface area contributed by atoms with E-state index in [-0.39, 0.29) is 0 Å². The van der Waals surface area contributed by atoms with E-state index >= 15 is 0 Å². The van der Waals surface area contributed by atoms with Gasteiger partial charge >= 0.3 is 0 Å². The highest BCUT2D eigenvalue weighted by Crippen LogP contribution is 2.13. The molecule has 0 aliphatic rings. The van der Waals surface area contributed by atoms with Crippen molar-refractivity contribution in [3.05, 3.63) is 41.4 Å². The molecule has 0 amide bonds. The van der Waals surface area contributed by atoms with Crippen molar-refractivity contribution in [2.75, 3.05) is 7.05 Å². The van der Waals surface area contributed by atoms with E-state index in [0.29, 0.717) is 10.1 Å². The second-order valence-corrected chi connectivity index (χ2v) is 3.53. The van der Waals surface area contributed by atoms with E-state index < -0.39 is 0 Å². The second-order valence-electron chi connectivity index (χ2n) is 2.69. The van der Waals surface area contributed by atoms with Crippen LogP contribution in [0.3, 0.4) is 0 Å². The predicted molar refractivity (Wildman–Crippen MR) is 65.3 cm³/mol. The molecule has 74 valence electrons. The predicted octanol–water partition coefficient (Wildman–Crippen LogP) is 2.40. The Hall–Kier alpha value is -1.06. The van der Waals surface area contributed by atoms with E-state index in [0.717, 1.165) is 11.3 Å². The Morgan fingerprint density at radius 2 is 1.93 bits per heavy atom. The fourth-order valence-electron chi connectivity index (χ4n) is 0.923. The van der Waals surface area contributed by atoms with Crippen molar-refractivity contribution in [2.24, 2.45) is 0 Å². The summed E-state index contributed by atoms with van der Waals surface area (Å²) >= 11 is 10.7. The quantitative estimate of drug-likeness (QED) is 0.758. The Labute approximate surface area is 94.0 Å². The maximum absolute atomic E-state index is 5.76. The summed E-state index contributed by atoms with van der Waals surface area (Å²) in [5, 5.41) is 7.01. The first-order valence-electron chi connectivity index (χ1n) is 4.07. The minimum Gasteiger partial charge on any atom is -0.366 e. The molecule has 0 unspecified atom stereocenters. The van der Waals surface area contributed by atoms with Gasteiger partial charge in [-0.15, -0.1) is 0 Å². The van der Waals surface area contributed by atoms with Gasteiger partial charge in [-0.3, -0.25) is 0 Å². The summed E-state index contributed by atoms with van der Waals surface area (Å²) in [6.45, 7) is 3.86. The maximum Gasteiger partial charge on any atom is 0.170 e. The summed E-state index contributed by atoms with van der Waals surface area (Å²) < 4.78 is 0. The number of nitrogens with one attached hydrogen (secondary N) is 2. The Morgan fingerprint density at radius 3 is 2.43 bits per heavy atom. The Morgan fingerprint density at radius 1 is 1.36 bits per heavy atom. The lowest BCUT2D eigenvalue weighted by atomic mass is 10.2. The molecule has 1 aromatic carbocycles. The van der Waals surface area contributed by atoms with Crippen LogP contribution < -0.4 is 10.6 Å². The first-order chi connectivity index (χ1) is 6.63. The number of benzene rings is 1. The van der Waals surface area contributed by atoms with Crippen LogP contribution in [0.1, 0.15) is 5.56 Å². The van der Waals surface area contributed by atoms with Gasteiger partial charge in [0.15, 0.2) is 5.11 Å². The van der Waals surface area contributed by atoms with E-state index in [9.17, 15) is 0 Å². The van der Waals surface area contributed by atoms with Gasteiger partial charge in [0.2, 0.25) is 0 Å². The smallest absolute Gasteiger partial charge is 0.170 e. The van der Waals surface area contributed by atoms with Gasteiger partial charge < -0.3 is 10.6 Å². The van der Waals surface area contributed by atoms with E-state index in [1.165, 1.54) is 0 Å². The normalized spacial score (nSPS) is 9.29. The monoisotopic (exact) mass is 226 g/mol. The fraction of sp³-hybridized carbons (Fsp3) is 0.100. The molecular formula is C10H11ClN2S. The molecule has 0 aliphatic carbocycles. The van der Waals surface area contributed by atoms with Crippen molar-refractivity contribution in [3.8, 4) is 0 Å². The SMILES string of the molecule is C=C(NC(=S)NC)c1ccc(Cl)cc1. The topological polar surface area (TPSA) is 24.1 Å². The Balaban J connectivity index is 2.70. The number of halogens is 1. The molecule has 0 bridgehead atoms. The maximum atomic E-state index is 5.76. The minimum absolute atomic E-state index is 0.546. The zero-order valence-corrected chi connectivity index (χ0v) is 9.38. The highest BCUT2D eigenvalue weighted by molar-refractivity contribution is 7.80. The van der Waals surface area contributed by atoms with Crippen molar-refractivity contribution in [3.63, 3.8) is 0 Å². The van der Waals surface area contributed by atoms with Crippen LogP contribution in [0.5, 0.6) is 0 Å². The molecule has 0 saturated carbocycles. The lowest BCUT2D eigenvalue weighted by Crippen LogP contribution is -2.30. The third-order valence-corrected chi connectivity index (χ3v) is 2.24. The molecule has 14 heavy (non-hydrogen) atoms. The highest BCUT2D eigenvalue weighted by atomic mass is 35.5. The van der Waals surface area contributed by atoms with Crippen LogP contribution in [0.4, 0.5) is 0 Å². The third-order valence-electron chi connectivity index (χ3n) is 1.68. The van der Waals surface area contributed by atoms with Gasteiger partial charge in [-0.1, -0.05) is 30.3 Å². The zero-order valence-electron chi connectivity index (χ0n) is 7.80. The molecule has 0 saturated heterocycles. The molecule has 1 rings (SSSR count). The molecule has 0 heterocycles. The number of thiocarbonyl (C=S) groups is 1. The molecule has 0 aromatic heterocycles. The van der Waals surface area contributed by atoms with E-state index in [1.807, 2.05) is 24.3 Å². The van der Waals surface area contributed by atoms with Crippen molar-refractivity contribution in [1.29, 1.82) is 0 Å². The lowest BCUT2D eigenvalue weighted by Gasteiger charge is -2.09. The van der Waals surface area contributed by atoms with Crippen molar-refractivity contribution >= 4 is 34.6 Å². The van der Waals surface area contributed by atoms with E-state index in [1.54, 1.807) is 7.05 Å². The van der Waals surface area contributed by atoms with Crippen LogP contribution in [0, 0.1) is 0 Å². The Bertz CT molecular complexity index is 346. The average Bonchev–Trinajstić information content (AvgIpc) is 2.18. The molecule has 0 radical (unpaired) electrons. The standard InChI is InChI=1S/C10H11ClN2S/c1-7(13-10(14)12-2)8-3-5-9(11)6-4-8/h3-6H,1H2,2H3,(H2,12,13,14). The molecule has 0 fully saturated rings. The summed E-state index contributed by atoms with van der Waals surface area (Å²) in [5.74, 6) is 0. The van der Waals surface area contributed by atoms with Crippen LogP contribution in [-0.4, -0.2) is 12.2 Å². The molecule has 2 nitrogen and oxygen atoms in total. The van der Waals surface area contributed by atoms with Gasteiger partial charge in [0.25, 0.3) is 0 Å². The van der Waals surface area contributed by atoms with Crippen LogP contribution in [0.25, 0.3) is 5.70 Å². The number of rotatable bonds is 2. The van der Waals surface area contributed by atoms with Gasteiger partial charge in [-0.05, 0) is 29.9 Å². The summed E-state index contributed by atoms with van der Waals surface area (Å²) in [6, 6.07) is 7.39. The van der Waals surface area contributed by atoms with Crippen molar-refractivity contribution in [2.45, 2.75) is 0 Å². The molecule has 1 aromatic rings. The fourth-order valence-corrected chi connectivity index (χ4v) is 1.17. The Kier molecular flexibility index (Phi) is 3.92. The van der Waals surface area contributed by atoms with Crippen LogP contribution in [0.15, 0.2) is 30.8 Å². The van der Waals surface area contributed by atoms with Crippen LogP contribution in [0.2, 0.25) is 5.02 Å². The van der Waals surface area contributed by atoms with Crippen molar-refractivity contribution < 1.29 is 0 Å². The van der Waals surface area contributed by atoms with E-state index in [2.05, 4.69) is 17.2 Å². The molecule has 0 spiro atoms. The van der Waals surface area contributed by atoms with Crippen LogP contribution >= 0.6 is 23.8 Å². The first-order valence-corrected chi connectivity index (χ1v) is 4.85.